The summed E-state index contributed by atoms with van der Waals surface area (Å²) in [5.74, 6) is 0. The molecule has 488 valence electrons. The number of nitrogens with zero attached hydrogens (tertiary/aromatic N) is 15. The van der Waals surface area contributed by atoms with E-state index >= 15 is 0 Å². The largest absolute Gasteiger partial charge is 0.473 e. The van der Waals surface area contributed by atoms with Crippen molar-refractivity contribution in [2.24, 2.45) is 0 Å². The average molecular weight is 1330 g/mol. The summed E-state index contributed by atoms with van der Waals surface area (Å²) >= 11 is 4.81. The number of nitrogens with one attached hydrogen (secondary N) is 4. The highest BCUT2D eigenvalue weighted by Gasteiger charge is 1.67. The minimum atomic E-state index is 1.26. The number of aromatic amines is 4. The monoisotopic (exact) mass is 1330 g/mol. The van der Waals surface area contributed by atoms with Crippen molar-refractivity contribution in [2.45, 2.75) is 0 Å². The van der Waals surface area contributed by atoms with Gasteiger partial charge in [0.2, 0.25) is 12.8 Å². The fourth-order valence-electron chi connectivity index (χ4n) is 4.24. The van der Waals surface area contributed by atoms with Crippen LogP contribution in [0.5, 0.6) is 0 Å². The topological polar surface area (TPSA) is 335 Å². The number of benzene rings is 2. The van der Waals surface area contributed by atoms with Gasteiger partial charge in [-0.05, 0) is 102 Å². The second-order valence-corrected chi connectivity index (χ2v) is 17.0. The molecule has 2 aromatic carbocycles. The van der Waals surface area contributed by atoms with E-state index in [1.807, 2.05) is 217 Å². The number of oxazole rings is 2. The SMILES string of the molecule is c1cc[nH]c1.c1ccccc1.c1ccccc1.c1ccncc1.c1ccncc1.c1ccncc1.c1ccoc1.c1ccoc1.c1ccsc1.c1cn[nH]c1.c1cn[nH]c1.c1cnoc1.c1cocn1.c1cocn1.c1cscn1.c1nc[nH]n1.c1nnco1.c1nncs1. The van der Waals surface area contributed by atoms with Gasteiger partial charge in [0.1, 0.15) is 42.5 Å². The van der Waals surface area contributed by atoms with Gasteiger partial charge in [-0.15, -0.1) is 43.1 Å². The van der Waals surface area contributed by atoms with Crippen LogP contribution in [0.2, 0.25) is 0 Å². The fraction of sp³-hybridized carbons (Fsp3) is 0. The first-order valence-electron chi connectivity index (χ1n) is 27.4. The lowest BCUT2D eigenvalue weighted by Crippen LogP contribution is -1.58. The summed E-state index contributed by atoms with van der Waals surface area (Å²) in [4.78, 5) is 28.6. The molecule has 16 heterocycles. The number of rotatable bonds is 0. The Labute approximate surface area is 561 Å². The molecule has 16 aromatic heterocycles. The van der Waals surface area contributed by atoms with Gasteiger partial charge in [-0.1, -0.05) is 108 Å². The summed E-state index contributed by atoms with van der Waals surface area (Å²) in [5, 5.41) is 41.4. The quantitative estimate of drug-likeness (QED) is 0.110. The molecule has 0 atom stereocenters. The second-order valence-electron chi connectivity index (χ2n) is 14.7. The molecule has 0 aliphatic carbocycles. The van der Waals surface area contributed by atoms with Crippen LogP contribution in [0.1, 0.15) is 0 Å². The molecule has 0 spiro atoms. The molecular weight excluding hydrogens is 1260 g/mol. The molecule has 0 bridgehead atoms. The Kier molecular flexibility index (Phi) is 64.9. The van der Waals surface area contributed by atoms with Crippen molar-refractivity contribution in [1.82, 2.24) is 96.0 Å². The van der Waals surface area contributed by atoms with Crippen LogP contribution in [0, 0.1) is 0 Å². The highest BCUT2D eigenvalue weighted by molar-refractivity contribution is 7.08. The lowest BCUT2D eigenvalue weighted by atomic mass is 10.4. The summed E-state index contributed by atoms with van der Waals surface area (Å²) in [5.41, 5.74) is 5.15. The molecule has 28 heteroatoms. The maximum absolute atomic E-state index is 4.58. The van der Waals surface area contributed by atoms with E-state index in [0.717, 1.165) is 0 Å². The number of hydrogen-bond donors (Lipinski definition) is 4. The minimum absolute atomic E-state index is 1.26. The first-order chi connectivity index (χ1) is 47.5. The number of furan rings is 2. The van der Waals surface area contributed by atoms with Crippen molar-refractivity contribution in [1.29, 1.82) is 0 Å². The van der Waals surface area contributed by atoms with Gasteiger partial charge >= 0.3 is 0 Å². The van der Waals surface area contributed by atoms with E-state index in [0.29, 0.717) is 0 Å². The fourth-order valence-corrected chi connectivity index (χ4v) is 5.31. The molecule has 0 saturated carbocycles. The average Bonchev–Trinajstić information content (AvgIpc) is 4.49. The van der Waals surface area contributed by atoms with Crippen molar-refractivity contribution in [2.75, 3.05) is 0 Å². The van der Waals surface area contributed by atoms with E-state index in [9.17, 15) is 0 Å². The molecule has 18 rings (SSSR count). The molecule has 0 saturated heterocycles. The Morgan fingerprint density at radius 1 is 0.242 bits per heavy atom. The van der Waals surface area contributed by atoms with E-state index in [4.69, 9.17) is 0 Å². The van der Waals surface area contributed by atoms with Crippen LogP contribution >= 0.6 is 34.0 Å². The van der Waals surface area contributed by atoms with Gasteiger partial charge in [0, 0.05) is 85.9 Å². The number of aromatic nitrogens is 19. The molecule has 95 heavy (non-hydrogen) atoms. The Bertz CT molecular complexity index is 2470. The maximum Gasteiger partial charge on any atom is 0.203 e. The summed E-state index contributed by atoms with van der Waals surface area (Å²) in [6, 6.07) is 61.8. The molecule has 18 aromatic rings. The van der Waals surface area contributed by atoms with Crippen LogP contribution < -0.4 is 0 Å². The molecule has 4 N–H and O–H groups in total. The number of pyridine rings is 3. The van der Waals surface area contributed by atoms with Crippen LogP contribution in [0.3, 0.4) is 0 Å². The third-order valence-electron chi connectivity index (χ3n) is 7.90. The van der Waals surface area contributed by atoms with Gasteiger partial charge in [-0.2, -0.15) is 26.6 Å². The van der Waals surface area contributed by atoms with Gasteiger partial charge < -0.3 is 31.6 Å². The van der Waals surface area contributed by atoms with Crippen LogP contribution in [-0.2, 0) is 0 Å². The highest BCUT2D eigenvalue weighted by Crippen LogP contribution is 1.92. The third kappa shape index (κ3) is 75.1. The molecular formula is C67H71N19O6S3. The summed E-state index contributed by atoms with van der Waals surface area (Å²) in [6.45, 7) is 0. The minimum Gasteiger partial charge on any atom is -0.473 e. The zero-order chi connectivity index (χ0) is 67.2. The number of hydrogen-bond acceptors (Lipinski definition) is 24. The van der Waals surface area contributed by atoms with Gasteiger partial charge in [0.05, 0.1) is 49.2 Å². The number of thiazole rings is 1. The summed E-state index contributed by atoms with van der Waals surface area (Å²) in [6.07, 6.45) is 47.0. The normalized spacial score (nSPS) is 8.00. The molecule has 25 nitrogen and oxygen atoms in total. The molecule has 0 amide bonds. The number of thiophene rings is 1. The summed E-state index contributed by atoms with van der Waals surface area (Å²) in [7, 11) is 0. The smallest absolute Gasteiger partial charge is 0.203 e. The van der Waals surface area contributed by atoms with E-state index < -0.39 is 0 Å². The van der Waals surface area contributed by atoms with Crippen molar-refractivity contribution in [3.63, 3.8) is 0 Å². The van der Waals surface area contributed by atoms with E-state index in [1.54, 1.807) is 157 Å². The van der Waals surface area contributed by atoms with Crippen LogP contribution in [0.25, 0.3) is 0 Å². The zero-order valence-electron chi connectivity index (χ0n) is 51.1. The van der Waals surface area contributed by atoms with Gasteiger partial charge in [-0.25, -0.2) is 15.0 Å². The van der Waals surface area contributed by atoms with Crippen LogP contribution in [0.4, 0.5) is 0 Å². The Morgan fingerprint density at radius 3 is 0.832 bits per heavy atom. The Morgan fingerprint density at radius 2 is 0.705 bits per heavy atom. The van der Waals surface area contributed by atoms with Crippen molar-refractivity contribution >= 4 is 34.0 Å². The van der Waals surface area contributed by atoms with Crippen molar-refractivity contribution in [3.8, 4) is 0 Å². The van der Waals surface area contributed by atoms with E-state index in [-0.39, 0.29) is 0 Å². The first kappa shape index (κ1) is 80.0. The zero-order valence-corrected chi connectivity index (χ0v) is 53.5. The van der Waals surface area contributed by atoms with Crippen LogP contribution in [0.15, 0.2) is 435 Å². The molecule has 0 unspecified atom stereocenters. The predicted molar refractivity (Wildman–Crippen MR) is 368 cm³/mol. The third-order valence-corrected chi connectivity index (χ3v) is 9.48. The van der Waals surface area contributed by atoms with Gasteiger partial charge in [-0.3, -0.25) is 35.2 Å². The molecule has 0 fully saturated rings. The number of H-pyrrole nitrogens is 4. The standard InChI is InChI=1S/2C6H6.3C5H5N.C4H5N.2C4H4O.C4H4S.2C3H4N2.3C3H3NO.C3H3NS.C2H3N3.C2H2N2O.C2H2N2S/c5*1-2-4-6-5-3-1;6*1-2-4-5-3-1;2*1-2-5-3-4-1;1-2-4-5-3-1;1-2-5-3-4-1;1-3-2-5-4-1;2*1-3-4-2-5-1/h2*1-6H;3*1-5H;1-5H;3*1-4H;2*1-3H,(H,4,5);4*1-3H;1-2H,(H,3,4,5);2*1-2H. The molecule has 0 aliphatic heterocycles. The van der Waals surface area contributed by atoms with E-state index in [2.05, 4.69) is 123 Å². The lowest BCUT2D eigenvalue weighted by Gasteiger charge is -1.70. The van der Waals surface area contributed by atoms with Crippen LogP contribution in [-0.4, -0.2) is 96.0 Å². The second kappa shape index (κ2) is 77.0. The molecule has 0 radical (unpaired) electrons. The Hall–Kier alpha value is -13.1. The van der Waals surface area contributed by atoms with Crippen molar-refractivity contribution in [3.05, 3.63) is 408 Å². The Balaban J connectivity index is 0.000000503. The highest BCUT2D eigenvalue weighted by atomic mass is 32.1. The first-order valence-corrected chi connectivity index (χ1v) is 30.2. The van der Waals surface area contributed by atoms with E-state index in [1.165, 1.54) is 68.4 Å². The maximum atomic E-state index is 4.58. The molecule has 0 aliphatic rings. The van der Waals surface area contributed by atoms with Gasteiger partial charge in [0.25, 0.3) is 0 Å². The summed E-state index contributed by atoms with van der Waals surface area (Å²) < 4.78 is 26.8. The van der Waals surface area contributed by atoms with Gasteiger partial charge in [0.15, 0.2) is 12.8 Å². The lowest BCUT2D eigenvalue weighted by molar-refractivity contribution is 0.420. The predicted octanol–water partition coefficient (Wildman–Crippen LogP) is 16.3. The van der Waals surface area contributed by atoms with Crippen molar-refractivity contribution < 1.29 is 26.6 Å².